The summed E-state index contributed by atoms with van der Waals surface area (Å²) in [5.74, 6) is 2.33. The Balaban J connectivity index is 1.74. The summed E-state index contributed by atoms with van der Waals surface area (Å²) in [7, 11) is 0. The molecular formula is C15H29NS. The van der Waals surface area contributed by atoms with Crippen molar-refractivity contribution in [3.8, 4) is 0 Å². The first-order valence-electron chi connectivity index (χ1n) is 7.75. The highest BCUT2D eigenvalue weighted by Gasteiger charge is 2.24. The fraction of sp³-hybridized carbons (Fsp3) is 1.00. The fourth-order valence-corrected chi connectivity index (χ4v) is 4.99. The van der Waals surface area contributed by atoms with Crippen LogP contribution in [0.15, 0.2) is 0 Å². The van der Waals surface area contributed by atoms with Crippen LogP contribution < -0.4 is 5.32 Å². The first-order chi connectivity index (χ1) is 8.40. The van der Waals surface area contributed by atoms with Gasteiger partial charge in [0, 0.05) is 17.0 Å². The van der Waals surface area contributed by atoms with Crippen molar-refractivity contribution in [1.82, 2.24) is 5.32 Å². The van der Waals surface area contributed by atoms with Gasteiger partial charge in [-0.3, -0.25) is 0 Å². The molecule has 1 N–H and O–H groups in total. The summed E-state index contributed by atoms with van der Waals surface area (Å²) in [5, 5.41) is 4.74. The van der Waals surface area contributed by atoms with Crippen LogP contribution in [-0.2, 0) is 0 Å². The third-order valence-corrected chi connectivity index (χ3v) is 5.99. The van der Waals surface area contributed by atoms with Crippen LogP contribution in [0.25, 0.3) is 0 Å². The minimum atomic E-state index is 0.797. The zero-order valence-electron chi connectivity index (χ0n) is 11.4. The van der Waals surface area contributed by atoms with E-state index in [4.69, 9.17) is 0 Å². The zero-order valence-corrected chi connectivity index (χ0v) is 12.2. The molecule has 0 saturated heterocycles. The minimum Gasteiger partial charge on any atom is -0.313 e. The van der Waals surface area contributed by atoms with Gasteiger partial charge in [0.15, 0.2) is 0 Å². The van der Waals surface area contributed by atoms with Gasteiger partial charge in [0.25, 0.3) is 0 Å². The smallest absolute Gasteiger partial charge is 0.0186 e. The minimum absolute atomic E-state index is 0.797. The summed E-state index contributed by atoms with van der Waals surface area (Å²) >= 11 is 2.26. The first-order valence-corrected chi connectivity index (χ1v) is 8.80. The number of hydrogen-bond acceptors (Lipinski definition) is 2. The Morgan fingerprint density at radius 3 is 2.29 bits per heavy atom. The number of nitrogens with one attached hydrogen (secondary N) is 1. The SMILES string of the molecule is CCNC(CSC1CCCC1)C1CCCCC1. The average Bonchev–Trinajstić information content (AvgIpc) is 2.88. The highest BCUT2D eigenvalue weighted by Crippen LogP contribution is 2.33. The molecule has 0 aromatic rings. The molecule has 0 spiro atoms. The van der Waals surface area contributed by atoms with E-state index in [9.17, 15) is 0 Å². The second-order valence-corrected chi connectivity index (χ2v) is 7.14. The molecule has 2 fully saturated rings. The Bertz CT molecular complexity index is 195. The highest BCUT2D eigenvalue weighted by molar-refractivity contribution is 7.99. The Kier molecular flexibility index (Phi) is 6.21. The van der Waals surface area contributed by atoms with Crippen molar-refractivity contribution in [2.24, 2.45) is 5.92 Å². The molecule has 100 valence electrons. The van der Waals surface area contributed by atoms with Crippen LogP contribution in [0, 0.1) is 5.92 Å². The Morgan fingerprint density at radius 2 is 1.65 bits per heavy atom. The topological polar surface area (TPSA) is 12.0 Å². The van der Waals surface area contributed by atoms with Gasteiger partial charge < -0.3 is 5.32 Å². The lowest BCUT2D eigenvalue weighted by Crippen LogP contribution is -2.39. The van der Waals surface area contributed by atoms with E-state index >= 15 is 0 Å². The van der Waals surface area contributed by atoms with Crippen molar-refractivity contribution in [2.75, 3.05) is 12.3 Å². The maximum absolute atomic E-state index is 3.76. The lowest BCUT2D eigenvalue weighted by atomic mass is 9.84. The maximum Gasteiger partial charge on any atom is 0.0186 e. The molecular weight excluding hydrogens is 226 g/mol. The largest absolute Gasteiger partial charge is 0.313 e. The Morgan fingerprint density at radius 1 is 1.00 bits per heavy atom. The Hall–Kier alpha value is 0.310. The van der Waals surface area contributed by atoms with Crippen LogP contribution >= 0.6 is 11.8 Å². The van der Waals surface area contributed by atoms with Gasteiger partial charge in [-0.25, -0.2) is 0 Å². The lowest BCUT2D eigenvalue weighted by molar-refractivity contribution is 0.288. The molecule has 0 aromatic carbocycles. The first kappa shape index (κ1) is 13.7. The highest BCUT2D eigenvalue weighted by atomic mass is 32.2. The Labute approximate surface area is 112 Å². The van der Waals surface area contributed by atoms with Crippen molar-refractivity contribution >= 4 is 11.8 Å². The van der Waals surface area contributed by atoms with Gasteiger partial charge in [-0.05, 0) is 38.1 Å². The molecule has 0 aliphatic heterocycles. The zero-order chi connectivity index (χ0) is 11.9. The van der Waals surface area contributed by atoms with Gasteiger partial charge in [0.2, 0.25) is 0 Å². The van der Waals surface area contributed by atoms with Crippen molar-refractivity contribution in [2.45, 2.75) is 76.0 Å². The van der Waals surface area contributed by atoms with Crippen LogP contribution in [0.4, 0.5) is 0 Å². The fourth-order valence-electron chi connectivity index (χ4n) is 3.46. The maximum atomic E-state index is 3.76. The van der Waals surface area contributed by atoms with Crippen molar-refractivity contribution in [3.05, 3.63) is 0 Å². The van der Waals surface area contributed by atoms with E-state index in [-0.39, 0.29) is 0 Å². The monoisotopic (exact) mass is 255 g/mol. The van der Waals surface area contributed by atoms with Crippen LogP contribution in [-0.4, -0.2) is 23.6 Å². The van der Waals surface area contributed by atoms with Gasteiger partial charge in [-0.1, -0.05) is 39.0 Å². The quantitative estimate of drug-likeness (QED) is 0.762. The van der Waals surface area contributed by atoms with E-state index in [2.05, 4.69) is 24.0 Å². The number of thioether (sulfide) groups is 1. The summed E-state index contributed by atoms with van der Waals surface area (Å²) in [6.07, 6.45) is 13.3. The molecule has 1 atom stereocenters. The van der Waals surface area contributed by atoms with Gasteiger partial charge in [0.1, 0.15) is 0 Å². The predicted molar refractivity (Wildman–Crippen MR) is 78.8 cm³/mol. The molecule has 17 heavy (non-hydrogen) atoms. The molecule has 2 heteroatoms. The molecule has 2 rings (SSSR count). The third kappa shape index (κ3) is 4.48. The van der Waals surface area contributed by atoms with Crippen LogP contribution in [0.3, 0.4) is 0 Å². The van der Waals surface area contributed by atoms with Gasteiger partial charge >= 0.3 is 0 Å². The van der Waals surface area contributed by atoms with Gasteiger partial charge in [-0.2, -0.15) is 11.8 Å². The molecule has 0 heterocycles. The standard InChI is InChI=1S/C15H29NS/c1-2-16-15(13-8-4-3-5-9-13)12-17-14-10-6-7-11-14/h13-16H,2-12H2,1H3. The summed E-state index contributed by atoms with van der Waals surface area (Å²) in [6, 6.07) is 0.797. The second kappa shape index (κ2) is 7.68. The van der Waals surface area contributed by atoms with Crippen LogP contribution in [0.2, 0.25) is 0 Å². The predicted octanol–water partition coefficient (Wildman–Crippen LogP) is 4.22. The summed E-state index contributed by atoms with van der Waals surface area (Å²) < 4.78 is 0. The molecule has 2 aliphatic rings. The number of hydrogen-bond donors (Lipinski definition) is 1. The third-order valence-electron chi connectivity index (χ3n) is 4.50. The van der Waals surface area contributed by atoms with Crippen LogP contribution in [0.1, 0.15) is 64.7 Å². The lowest BCUT2D eigenvalue weighted by Gasteiger charge is -2.31. The van der Waals surface area contributed by atoms with E-state index in [1.165, 1.54) is 63.5 Å². The van der Waals surface area contributed by atoms with E-state index < -0.39 is 0 Å². The van der Waals surface area contributed by atoms with E-state index in [1.54, 1.807) is 0 Å². The molecule has 1 unspecified atom stereocenters. The van der Waals surface area contributed by atoms with E-state index in [0.29, 0.717) is 0 Å². The van der Waals surface area contributed by atoms with Gasteiger partial charge in [0.05, 0.1) is 0 Å². The molecule has 0 amide bonds. The molecule has 2 saturated carbocycles. The normalized spacial score (nSPS) is 25.2. The molecule has 1 nitrogen and oxygen atoms in total. The van der Waals surface area contributed by atoms with Crippen LogP contribution in [0.5, 0.6) is 0 Å². The second-order valence-electron chi connectivity index (χ2n) is 5.80. The molecule has 0 bridgehead atoms. The summed E-state index contributed by atoms with van der Waals surface area (Å²) in [4.78, 5) is 0. The summed E-state index contributed by atoms with van der Waals surface area (Å²) in [6.45, 7) is 3.41. The van der Waals surface area contributed by atoms with Crippen molar-refractivity contribution < 1.29 is 0 Å². The van der Waals surface area contributed by atoms with E-state index in [0.717, 1.165) is 23.8 Å². The molecule has 0 aromatic heterocycles. The average molecular weight is 255 g/mol. The van der Waals surface area contributed by atoms with E-state index in [1.807, 2.05) is 0 Å². The van der Waals surface area contributed by atoms with Crippen molar-refractivity contribution in [3.63, 3.8) is 0 Å². The summed E-state index contributed by atoms with van der Waals surface area (Å²) in [5.41, 5.74) is 0. The molecule has 0 radical (unpaired) electrons. The van der Waals surface area contributed by atoms with Crippen molar-refractivity contribution in [1.29, 1.82) is 0 Å². The molecule has 2 aliphatic carbocycles. The number of rotatable bonds is 6. The van der Waals surface area contributed by atoms with Gasteiger partial charge in [-0.15, -0.1) is 0 Å².